The summed E-state index contributed by atoms with van der Waals surface area (Å²) in [6.07, 6.45) is 3.31. The molecule has 0 saturated heterocycles. The second kappa shape index (κ2) is 8.45. The summed E-state index contributed by atoms with van der Waals surface area (Å²) in [5.74, 6) is -0.355. The zero-order chi connectivity index (χ0) is 12.5. The maximum atomic E-state index is 13.1. The van der Waals surface area contributed by atoms with Crippen molar-refractivity contribution in [2.45, 2.75) is 25.8 Å². The van der Waals surface area contributed by atoms with Gasteiger partial charge in [0.05, 0.1) is 5.02 Å². The van der Waals surface area contributed by atoms with Crippen molar-refractivity contribution in [2.75, 3.05) is 20.3 Å². The first-order valence-corrected chi connectivity index (χ1v) is 6.26. The quantitative estimate of drug-likeness (QED) is 0.723. The minimum absolute atomic E-state index is 0.222. The van der Waals surface area contributed by atoms with Crippen LogP contribution in [0.1, 0.15) is 24.8 Å². The molecular weight excluding hydrogens is 241 g/mol. The van der Waals surface area contributed by atoms with Crippen molar-refractivity contribution in [1.29, 1.82) is 0 Å². The molecule has 0 fully saturated rings. The lowest BCUT2D eigenvalue weighted by atomic mass is 10.2. The van der Waals surface area contributed by atoms with E-state index >= 15 is 0 Å². The van der Waals surface area contributed by atoms with Crippen molar-refractivity contribution in [2.24, 2.45) is 0 Å². The number of hydrogen-bond donors (Lipinski definition) is 1. The number of methoxy groups -OCH3 is 1. The second-order valence-electron chi connectivity index (χ2n) is 3.94. The van der Waals surface area contributed by atoms with Gasteiger partial charge in [0.2, 0.25) is 0 Å². The Labute approximate surface area is 107 Å². The van der Waals surface area contributed by atoms with Gasteiger partial charge in [0, 0.05) is 20.3 Å². The molecule has 0 aliphatic rings. The highest BCUT2D eigenvalue weighted by Gasteiger charge is 2.04. The fraction of sp³-hybridized carbons (Fsp3) is 0.538. The highest BCUT2D eigenvalue weighted by molar-refractivity contribution is 6.31. The molecule has 0 unspecified atom stereocenters. The van der Waals surface area contributed by atoms with Crippen LogP contribution in [-0.4, -0.2) is 20.3 Å². The van der Waals surface area contributed by atoms with E-state index in [9.17, 15) is 4.39 Å². The van der Waals surface area contributed by atoms with Gasteiger partial charge in [-0.05, 0) is 37.4 Å². The third kappa shape index (κ3) is 5.48. The third-order valence-electron chi connectivity index (χ3n) is 2.55. The average Bonchev–Trinajstić information content (AvgIpc) is 2.33. The van der Waals surface area contributed by atoms with Gasteiger partial charge in [-0.2, -0.15) is 0 Å². The van der Waals surface area contributed by atoms with Gasteiger partial charge in [-0.15, -0.1) is 0 Å². The van der Waals surface area contributed by atoms with Gasteiger partial charge >= 0.3 is 0 Å². The molecule has 0 atom stereocenters. The molecule has 0 saturated carbocycles. The number of unbranched alkanes of at least 4 members (excludes halogenated alkanes) is 2. The van der Waals surface area contributed by atoms with E-state index < -0.39 is 0 Å². The van der Waals surface area contributed by atoms with Gasteiger partial charge in [0.25, 0.3) is 0 Å². The normalized spacial score (nSPS) is 10.8. The van der Waals surface area contributed by atoms with Crippen LogP contribution in [0.3, 0.4) is 0 Å². The lowest BCUT2D eigenvalue weighted by Gasteiger charge is -2.07. The SMILES string of the molecule is COCCCCCNCc1cccc(F)c1Cl. The number of halogens is 2. The molecule has 0 spiro atoms. The maximum Gasteiger partial charge on any atom is 0.142 e. The van der Waals surface area contributed by atoms with Gasteiger partial charge in [0.1, 0.15) is 5.82 Å². The number of benzene rings is 1. The van der Waals surface area contributed by atoms with Crippen LogP contribution < -0.4 is 5.32 Å². The Kier molecular flexibility index (Phi) is 7.17. The van der Waals surface area contributed by atoms with Crippen molar-refractivity contribution >= 4 is 11.6 Å². The fourth-order valence-electron chi connectivity index (χ4n) is 1.58. The number of rotatable bonds is 8. The van der Waals surface area contributed by atoms with Crippen molar-refractivity contribution in [3.63, 3.8) is 0 Å². The maximum absolute atomic E-state index is 13.1. The van der Waals surface area contributed by atoms with E-state index in [2.05, 4.69) is 5.32 Å². The van der Waals surface area contributed by atoms with E-state index in [0.29, 0.717) is 6.54 Å². The van der Waals surface area contributed by atoms with Crippen LogP contribution in [0.25, 0.3) is 0 Å². The van der Waals surface area contributed by atoms with Crippen LogP contribution in [0.15, 0.2) is 18.2 Å². The first-order chi connectivity index (χ1) is 8.25. The summed E-state index contributed by atoms with van der Waals surface area (Å²) in [5, 5.41) is 3.48. The Hall–Kier alpha value is -0.640. The largest absolute Gasteiger partial charge is 0.385 e. The zero-order valence-corrected chi connectivity index (χ0v) is 10.9. The Bertz CT molecular complexity index is 333. The summed E-state index contributed by atoms with van der Waals surface area (Å²) in [6, 6.07) is 4.89. The lowest BCUT2D eigenvalue weighted by molar-refractivity contribution is 0.192. The molecule has 0 aromatic heterocycles. The Morgan fingerprint density at radius 1 is 1.29 bits per heavy atom. The minimum atomic E-state index is -0.355. The standard InChI is InChI=1S/C13H19ClFNO/c1-17-9-4-2-3-8-16-10-11-6-5-7-12(15)13(11)14/h5-7,16H,2-4,8-10H2,1H3. The smallest absolute Gasteiger partial charge is 0.142 e. The van der Waals surface area contributed by atoms with Gasteiger partial charge in [0.15, 0.2) is 0 Å². The van der Waals surface area contributed by atoms with Crippen LogP contribution in [0.5, 0.6) is 0 Å². The van der Waals surface area contributed by atoms with Crippen LogP contribution in [0.2, 0.25) is 5.02 Å². The van der Waals surface area contributed by atoms with Crippen molar-refractivity contribution in [3.05, 3.63) is 34.6 Å². The molecule has 1 rings (SSSR count). The molecule has 1 aromatic carbocycles. The highest BCUT2D eigenvalue weighted by atomic mass is 35.5. The Morgan fingerprint density at radius 3 is 2.88 bits per heavy atom. The van der Waals surface area contributed by atoms with Gasteiger partial charge in [-0.25, -0.2) is 4.39 Å². The van der Waals surface area contributed by atoms with Gasteiger partial charge in [-0.3, -0.25) is 0 Å². The topological polar surface area (TPSA) is 21.3 Å². The molecule has 0 bridgehead atoms. The summed E-state index contributed by atoms with van der Waals surface area (Å²) >= 11 is 5.84. The third-order valence-corrected chi connectivity index (χ3v) is 2.97. The summed E-state index contributed by atoms with van der Waals surface area (Å²) in [4.78, 5) is 0. The van der Waals surface area contributed by atoms with E-state index in [0.717, 1.165) is 38.0 Å². The molecule has 17 heavy (non-hydrogen) atoms. The average molecular weight is 260 g/mol. The summed E-state index contributed by atoms with van der Waals surface area (Å²) in [5.41, 5.74) is 0.809. The Balaban J connectivity index is 2.16. The zero-order valence-electron chi connectivity index (χ0n) is 10.1. The predicted molar refractivity (Wildman–Crippen MR) is 68.8 cm³/mol. The number of nitrogens with one attached hydrogen (secondary N) is 1. The van der Waals surface area contributed by atoms with E-state index in [1.807, 2.05) is 6.07 Å². The predicted octanol–water partition coefficient (Wildman–Crippen LogP) is 3.39. The molecular formula is C13H19ClFNO. The molecule has 0 amide bonds. The van der Waals surface area contributed by atoms with Crippen molar-refractivity contribution < 1.29 is 9.13 Å². The molecule has 0 heterocycles. The minimum Gasteiger partial charge on any atom is -0.385 e. The molecule has 96 valence electrons. The van der Waals surface area contributed by atoms with Crippen LogP contribution in [0, 0.1) is 5.82 Å². The van der Waals surface area contributed by atoms with Crippen LogP contribution in [0.4, 0.5) is 4.39 Å². The lowest BCUT2D eigenvalue weighted by Crippen LogP contribution is -2.15. The monoisotopic (exact) mass is 259 g/mol. The summed E-state index contributed by atoms with van der Waals surface area (Å²) in [7, 11) is 1.71. The number of hydrogen-bond acceptors (Lipinski definition) is 2. The summed E-state index contributed by atoms with van der Waals surface area (Å²) < 4.78 is 18.1. The molecule has 0 aliphatic heterocycles. The first kappa shape index (κ1) is 14.4. The van der Waals surface area contributed by atoms with Crippen molar-refractivity contribution in [1.82, 2.24) is 5.32 Å². The van der Waals surface area contributed by atoms with Gasteiger partial charge in [-0.1, -0.05) is 23.7 Å². The van der Waals surface area contributed by atoms with E-state index in [-0.39, 0.29) is 10.8 Å². The number of ether oxygens (including phenoxy) is 1. The van der Waals surface area contributed by atoms with E-state index in [1.165, 1.54) is 6.07 Å². The fourth-order valence-corrected chi connectivity index (χ4v) is 1.77. The molecule has 0 aliphatic carbocycles. The molecule has 1 aromatic rings. The van der Waals surface area contributed by atoms with E-state index in [1.54, 1.807) is 13.2 Å². The van der Waals surface area contributed by atoms with Crippen LogP contribution in [-0.2, 0) is 11.3 Å². The van der Waals surface area contributed by atoms with Crippen molar-refractivity contribution in [3.8, 4) is 0 Å². The Morgan fingerprint density at radius 2 is 2.12 bits per heavy atom. The molecule has 0 radical (unpaired) electrons. The van der Waals surface area contributed by atoms with E-state index in [4.69, 9.17) is 16.3 Å². The van der Waals surface area contributed by atoms with Crippen LogP contribution >= 0.6 is 11.6 Å². The summed E-state index contributed by atoms with van der Waals surface area (Å²) in [6.45, 7) is 2.34. The van der Waals surface area contributed by atoms with Gasteiger partial charge < -0.3 is 10.1 Å². The highest BCUT2D eigenvalue weighted by Crippen LogP contribution is 2.19. The first-order valence-electron chi connectivity index (χ1n) is 5.88. The molecule has 4 heteroatoms. The second-order valence-corrected chi connectivity index (χ2v) is 4.32. The molecule has 1 N–H and O–H groups in total. The molecule has 2 nitrogen and oxygen atoms in total.